The summed E-state index contributed by atoms with van der Waals surface area (Å²) in [5, 5.41) is 0. The van der Waals surface area contributed by atoms with Crippen molar-refractivity contribution < 1.29 is 14.3 Å². The lowest BCUT2D eigenvalue weighted by Gasteiger charge is -2.17. The van der Waals surface area contributed by atoms with Crippen LogP contribution in [0.3, 0.4) is 0 Å². The van der Waals surface area contributed by atoms with Crippen molar-refractivity contribution in [2.24, 2.45) is 0 Å². The molecule has 0 radical (unpaired) electrons. The number of allylic oxidation sites excluding steroid dienone is 1. The van der Waals surface area contributed by atoms with Gasteiger partial charge in [0.05, 0.1) is 5.69 Å². The molecule has 2 rings (SSSR count). The van der Waals surface area contributed by atoms with Crippen molar-refractivity contribution in [1.29, 1.82) is 0 Å². The molecule has 4 heteroatoms. The van der Waals surface area contributed by atoms with E-state index in [-0.39, 0.29) is 0 Å². The summed E-state index contributed by atoms with van der Waals surface area (Å²) in [4.78, 5) is 27.0. The van der Waals surface area contributed by atoms with Gasteiger partial charge in [-0.15, -0.1) is 0 Å². The maximum Gasteiger partial charge on any atom is 0.331 e. The average Bonchev–Trinajstić information content (AvgIpc) is 2.58. The number of aromatic nitrogens is 1. The van der Waals surface area contributed by atoms with Gasteiger partial charge in [0.1, 0.15) is 11.9 Å². The molecule has 0 N–H and O–H groups in total. The number of carbonyl (C=O) groups excluding carboxylic acids is 2. The van der Waals surface area contributed by atoms with Crippen molar-refractivity contribution in [1.82, 2.24) is 4.98 Å². The fourth-order valence-corrected chi connectivity index (χ4v) is 2.20. The predicted octanol–water partition coefficient (Wildman–Crippen LogP) is 4.07. The van der Waals surface area contributed by atoms with Crippen LogP contribution in [0.15, 0.2) is 60.8 Å². The third-order valence-corrected chi connectivity index (χ3v) is 3.21. The zero-order chi connectivity index (χ0) is 18.3. The molecule has 0 amide bonds. The van der Waals surface area contributed by atoms with Crippen LogP contribution in [0.2, 0.25) is 0 Å². The molecule has 0 unspecified atom stereocenters. The van der Waals surface area contributed by atoms with Gasteiger partial charge in [-0.05, 0) is 50.1 Å². The van der Waals surface area contributed by atoms with Crippen LogP contribution in [0.5, 0.6) is 0 Å². The molecule has 0 aliphatic heterocycles. The van der Waals surface area contributed by atoms with Crippen molar-refractivity contribution >= 4 is 23.9 Å². The maximum absolute atomic E-state index is 11.7. The number of nitrogens with zero attached hydrogens (tertiary/aromatic N) is 1. The summed E-state index contributed by atoms with van der Waals surface area (Å²) in [6.45, 7) is 5.45. The van der Waals surface area contributed by atoms with Crippen LogP contribution in [0.1, 0.15) is 37.6 Å². The van der Waals surface area contributed by atoms with Gasteiger partial charge in [0.25, 0.3) is 0 Å². The van der Waals surface area contributed by atoms with Crippen molar-refractivity contribution in [3.05, 3.63) is 77.6 Å². The van der Waals surface area contributed by atoms with Gasteiger partial charge in [0.2, 0.25) is 0 Å². The smallest absolute Gasteiger partial charge is 0.331 e. The quantitative estimate of drug-likeness (QED) is 0.469. The van der Waals surface area contributed by atoms with E-state index in [2.05, 4.69) is 4.98 Å². The van der Waals surface area contributed by atoms with E-state index >= 15 is 0 Å². The second-order valence-electron chi connectivity index (χ2n) is 6.42. The van der Waals surface area contributed by atoms with Gasteiger partial charge in [0.15, 0.2) is 0 Å². The summed E-state index contributed by atoms with van der Waals surface area (Å²) in [6.07, 6.45) is 6.91. The Morgan fingerprint density at radius 3 is 2.32 bits per heavy atom. The van der Waals surface area contributed by atoms with Crippen LogP contribution in [0, 0.1) is 0 Å². The second kappa shape index (κ2) is 8.20. The molecule has 0 aliphatic rings. The summed E-state index contributed by atoms with van der Waals surface area (Å²) in [5.41, 5.74) is 2.67. The Balaban J connectivity index is 2.17. The molecule has 1 heterocycles. The first-order chi connectivity index (χ1) is 11.9. The van der Waals surface area contributed by atoms with Gasteiger partial charge >= 0.3 is 5.97 Å². The highest BCUT2D eigenvalue weighted by Crippen LogP contribution is 2.22. The highest BCUT2D eigenvalue weighted by atomic mass is 16.6. The van der Waals surface area contributed by atoms with Crippen LogP contribution in [0.4, 0.5) is 0 Å². The number of rotatable bonds is 5. The molecule has 0 spiro atoms. The van der Waals surface area contributed by atoms with Gasteiger partial charge in [-0.1, -0.05) is 36.4 Å². The minimum Gasteiger partial charge on any atom is -0.457 e. The molecule has 0 fully saturated rings. The van der Waals surface area contributed by atoms with Crippen molar-refractivity contribution in [2.45, 2.75) is 26.4 Å². The lowest BCUT2D eigenvalue weighted by Crippen LogP contribution is -2.22. The van der Waals surface area contributed by atoms with Crippen LogP contribution in [0.25, 0.3) is 11.6 Å². The van der Waals surface area contributed by atoms with E-state index in [1.165, 1.54) is 12.2 Å². The lowest BCUT2D eigenvalue weighted by atomic mass is 9.99. The fourth-order valence-electron chi connectivity index (χ4n) is 2.20. The Bertz CT molecular complexity index is 782. The standard InChI is InChI=1S/C21H21NO3/c1-21(2,3)25-20(24)12-11-18-10-9-17(15-22-18)19(13-14-23)16-7-5-4-6-8-16/h4-15H,1-3H3/b12-11+,19-13-. The normalized spacial score (nSPS) is 12.2. The van der Waals surface area contributed by atoms with Gasteiger partial charge in [-0.2, -0.15) is 0 Å². The van der Waals surface area contributed by atoms with E-state index in [1.807, 2.05) is 57.2 Å². The highest BCUT2D eigenvalue weighted by molar-refractivity contribution is 5.90. The molecule has 128 valence electrons. The van der Waals surface area contributed by atoms with Crippen LogP contribution >= 0.6 is 0 Å². The molecule has 2 aromatic rings. The minimum absolute atomic E-state index is 0.413. The van der Waals surface area contributed by atoms with Crippen LogP contribution < -0.4 is 0 Å². The van der Waals surface area contributed by atoms with Crippen molar-refractivity contribution in [3.63, 3.8) is 0 Å². The number of hydrogen-bond acceptors (Lipinski definition) is 4. The molecule has 1 aromatic carbocycles. The Hall–Kier alpha value is -3.01. The van der Waals surface area contributed by atoms with Crippen molar-refractivity contribution in [2.75, 3.05) is 0 Å². The molecule has 1 aromatic heterocycles. The summed E-state index contributed by atoms with van der Waals surface area (Å²) in [5.74, 6) is -0.413. The summed E-state index contributed by atoms with van der Waals surface area (Å²) < 4.78 is 5.21. The number of pyridine rings is 1. The number of benzene rings is 1. The Morgan fingerprint density at radius 2 is 1.76 bits per heavy atom. The molecule has 0 saturated heterocycles. The maximum atomic E-state index is 11.7. The molecule has 0 aliphatic carbocycles. The first kappa shape index (κ1) is 18.3. The number of carbonyl (C=O) groups is 2. The number of esters is 1. The Morgan fingerprint density at radius 1 is 1.04 bits per heavy atom. The largest absolute Gasteiger partial charge is 0.457 e. The van der Waals surface area contributed by atoms with Gasteiger partial charge in [-0.25, -0.2) is 4.79 Å². The highest BCUT2D eigenvalue weighted by Gasteiger charge is 2.13. The molecule has 0 saturated carbocycles. The number of hydrogen-bond donors (Lipinski definition) is 0. The predicted molar refractivity (Wildman–Crippen MR) is 98.7 cm³/mol. The van der Waals surface area contributed by atoms with E-state index in [1.54, 1.807) is 18.3 Å². The molecule has 25 heavy (non-hydrogen) atoms. The topological polar surface area (TPSA) is 56.3 Å². The lowest BCUT2D eigenvalue weighted by molar-refractivity contribution is -0.148. The minimum atomic E-state index is -0.525. The monoisotopic (exact) mass is 335 g/mol. The van der Waals surface area contributed by atoms with E-state index in [0.717, 1.165) is 23.0 Å². The van der Waals surface area contributed by atoms with E-state index in [9.17, 15) is 9.59 Å². The Labute approximate surface area is 147 Å². The second-order valence-corrected chi connectivity index (χ2v) is 6.42. The molecular formula is C21H21NO3. The fraction of sp³-hybridized carbons (Fsp3) is 0.190. The first-order valence-electron chi connectivity index (χ1n) is 7.97. The average molecular weight is 335 g/mol. The molecule has 0 bridgehead atoms. The molecule has 0 atom stereocenters. The third kappa shape index (κ3) is 5.84. The van der Waals surface area contributed by atoms with Crippen molar-refractivity contribution in [3.8, 4) is 0 Å². The van der Waals surface area contributed by atoms with E-state index in [0.29, 0.717) is 5.69 Å². The first-order valence-corrected chi connectivity index (χ1v) is 7.97. The third-order valence-electron chi connectivity index (χ3n) is 3.21. The van der Waals surface area contributed by atoms with E-state index < -0.39 is 11.6 Å². The molecular weight excluding hydrogens is 314 g/mol. The van der Waals surface area contributed by atoms with E-state index in [4.69, 9.17) is 4.74 Å². The zero-order valence-corrected chi connectivity index (χ0v) is 14.6. The number of aldehydes is 1. The van der Waals surface area contributed by atoms with Gasteiger partial charge in [0, 0.05) is 17.8 Å². The van der Waals surface area contributed by atoms with Crippen LogP contribution in [-0.4, -0.2) is 22.8 Å². The summed E-state index contributed by atoms with van der Waals surface area (Å²) in [6, 6.07) is 13.3. The summed E-state index contributed by atoms with van der Waals surface area (Å²) >= 11 is 0. The molecule has 4 nitrogen and oxygen atoms in total. The zero-order valence-electron chi connectivity index (χ0n) is 14.6. The van der Waals surface area contributed by atoms with Gasteiger partial charge < -0.3 is 4.74 Å². The Kier molecular flexibility index (Phi) is 6.01. The number of ether oxygens (including phenoxy) is 1. The van der Waals surface area contributed by atoms with Gasteiger partial charge in [-0.3, -0.25) is 9.78 Å². The van der Waals surface area contributed by atoms with Crippen LogP contribution in [-0.2, 0) is 14.3 Å². The summed E-state index contributed by atoms with van der Waals surface area (Å²) in [7, 11) is 0. The SMILES string of the molecule is CC(C)(C)OC(=O)/C=C/c1ccc(/C(=C\C=O)c2ccccc2)cn1.